The van der Waals surface area contributed by atoms with Crippen LogP contribution in [0.25, 0.3) is 0 Å². The van der Waals surface area contributed by atoms with Crippen LogP contribution in [-0.2, 0) is 11.3 Å². The van der Waals surface area contributed by atoms with E-state index in [-0.39, 0.29) is 0 Å². The number of rotatable bonds is 7. The standard InChI is InChI=1S/C13H19N3O3/c1-2-3-6-11(12(17)18)16-13(19)15-9-10-5-4-7-14-8-10/h4-5,7-8,11H,2-3,6,9H2,1H3,(H,17,18)(H2,15,16,19)/t11-/m0/s1. The molecule has 1 heterocycles. The number of urea groups is 1. The van der Waals surface area contributed by atoms with Crippen LogP contribution in [0.2, 0.25) is 0 Å². The van der Waals surface area contributed by atoms with Crippen molar-refractivity contribution in [3.8, 4) is 0 Å². The minimum atomic E-state index is -1.01. The van der Waals surface area contributed by atoms with E-state index in [2.05, 4.69) is 15.6 Å². The Bertz CT molecular complexity index is 409. The molecule has 1 aromatic heterocycles. The smallest absolute Gasteiger partial charge is 0.326 e. The Morgan fingerprint density at radius 1 is 1.47 bits per heavy atom. The Balaban J connectivity index is 2.38. The van der Waals surface area contributed by atoms with Crippen molar-refractivity contribution in [1.29, 1.82) is 0 Å². The summed E-state index contributed by atoms with van der Waals surface area (Å²) in [6, 6.07) is 2.29. The predicted molar refractivity (Wildman–Crippen MR) is 70.6 cm³/mol. The highest BCUT2D eigenvalue weighted by Gasteiger charge is 2.18. The van der Waals surface area contributed by atoms with E-state index in [9.17, 15) is 9.59 Å². The van der Waals surface area contributed by atoms with Crippen LogP contribution < -0.4 is 10.6 Å². The number of carbonyl (C=O) groups is 2. The lowest BCUT2D eigenvalue weighted by molar-refractivity contribution is -0.139. The number of carbonyl (C=O) groups excluding carboxylic acids is 1. The number of hydrogen-bond donors (Lipinski definition) is 3. The summed E-state index contributed by atoms with van der Waals surface area (Å²) in [7, 11) is 0. The number of pyridine rings is 1. The molecule has 1 aromatic rings. The molecule has 0 bridgehead atoms. The van der Waals surface area contributed by atoms with Gasteiger partial charge in [0.2, 0.25) is 0 Å². The highest BCUT2D eigenvalue weighted by molar-refractivity contribution is 5.82. The summed E-state index contributed by atoms with van der Waals surface area (Å²) in [5.41, 5.74) is 0.859. The number of aromatic nitrogens is 1. The quantitative estimate of drug-likeness (QED) is 0.697. The number of carboxylic acids is 1. The summed E-state index contributed by atoms with van der Waals surface area (Å²) in [5.74, 6) is -1.01. The third-order valence-electron chi connectivity index (χ3n) is 2.63. The molecule has 19 heavy (non-hydrogen) atoms. The van der Waals surface area contributed by atoms with E-state index in [1.54, 1.807) is 18.5 Å². The number of amides is 2. The summed E-state index contributed by atoms with van der Waals surface area (Å²) >= 11 is 0. The fraction of sp³-hybridized carbons (Fsp3) is 0.462. The van der Waals surface area contributed by atoms with Crippen molar-refractivity contribution >= 4 is 12.0 Å². The molecule has 0 spiro atoms. The zero-order chi connectivity index (χ0) is 14.1. The fourth-order valence-electron chi connectivity index (χ4n) is 1.56. The lowest BCUT2D eigenvalue weighted by Gasteiger charge is -2.14. The van der Waals surface area contributed by atoms with E-state index in [0.29, 0.717) is 13.0 Å². The van der Waals surface area contributed by atoms with Gasteiger partial charge in [0.05, 0.1) is 0 Å². The Kier molecular flexibility index (Phi) is 6.35. The number of carboxylic acid groups (broad SMARTS) is 1. The van der Waals surface area contributed by atoms with Crippen LogP contribution in [0.3, 0.4) is 0 Å². The van der Waals surface area contributed by atoms with Crippen LogP contribution in [0, 0.1) is 0 Å². The zero-order valence-corrected chi connectivity index (χ0v) is 10.9. The molecule has 3 N–H and O–H groups in total. The van der Waals surface area contributed by atoms with E-state index >= 15 is 0 Å². The number of unbranched alkanes of at least 4 members (excludes halogenated alkanes) is 1. The fourth-order valence-corrected chi connectivity index (χ4v) is 1.56. The third kappa shape index (κ3) is 5.85. The SMILES string of the molecule is CCCC[C@H](NC(=O)NCc1cccnc1)C(=O)O. The van der Waals surface area contributed by atoms with Gasteiger partial charge >= 0.3 is 12.0 Å². The first-order chi connectivity index (χ1) is 9.13. The van der Waals surface area contributed by atoms with Crippen LogP contribution in [0.4, 0.5) is 4.79 Å². The molecular weight excluding hydrogens is 246 g/mol. The highest BCUT2D eigenvalue weighted by Crippen LogP contribution is 2.01. The number of aliphatic carboxylic acids is 1. The maximum Gasteiger partial charge on any atom is 0.326 e. The lowest BCUT2D eigenvalue weighted by Crippen LogP contribution is -2.45. The third-order valence-corrected chi connectivity index (χ3v) is 2.63. The van der Waals surface area contributed by atoms with Crippen LogP contribution in [0.15, 0.2) is 24.5 Å². The van der Waals surface area contributed by atoms with Crippen molar-refractivity contribution in [2.24, 2.45) is 0 Å². The second-order valence-corrected chi connectivity index (χ2v) is 4.22. The second-order valence-electron chi connectivity index (χ2n) is 4.22. The van der Waals surface area contributed by atoms with Crippen molar-refractivity contribution in [2.75, 3.05) is 0 Å². The molecule has 104 valence electrons. The van der Waals surface area contributed by atoms with E-state index in [1.165, 1.54) is 0 Å². The highest BCUT2D eigenvalue weighted by atomic mass is 16.4. The van der Waals surface area contributed by atoms with Gasteiger partial charge in [0, 0.05) is 18.9 Å². The summed E-state index contributed by atoms with van der Waals surface area (Å²) in [4.78, 5) is 26.5. The molecule has 0 fully saturated rings. The summed E-state index contributed by atoms with van der Waals surface area (Å²) in [5, 5.41) is 14.0. The van der Waals surface area contributed by atoms with Gasteiger partial charge in [-0.25, -0.2) is 9.59 Å². The maximum atomic E-state index is 11.6. The van der Waals surface area contributed by atoms with E-state index in [0.717, 1.165) is 18.4 Å². The van der Waals surface area contributed by atoms with Crippen molar-refractivity contribution in [2.45, 2.75) is 38.8 Å². The number of nitrogens with zero attached hydrogens (tertiary/aromatic N) is 1. The summed E-state index contributed by atoms with van der Waals surface area (Å²) in [6.07, 6.45) is 5.38. The van der Waals surface area contributed by atoms with Gasteiger partial charge in [-0.3, -0.25) is 4.98 Å². The minimum Gasteiger partial charge on any atom is -0.480 e. The van der Waals surface area contributed by atoms with Crippen molar-refractivity contribution in [1.82, 2.24) is 15.6 Å². The Hall–Kier alpha value is -2.11. The summed E-state index contributed by atoms with van der Waals surface area (Å²) < 4.78 is 0. The van der Waals surface area contributed by atoms with E-state index < -0.39 is 18.0 Å². The molecular formula is C13H19N3O3. The molecule has 2 amide bonds. The van der Waals surface area contributed by atoms with Gasteiger partial charge in [0.1, 0.15) is 6.04 Å². The molecule has 0 aliphatic rings. The number of nitrogens with one attached hydrogen (secondary N) is 2. The van der Waals surface area contributed by atoms with Crippen LogP contribution in [-0.4, -0.2) is 28.1 Å². The van der Waals surface area contributed by atoms with Crippen molar-refractivity contribution in [3.05, 3.63) is 30.1 Å². The molecule has 0 aliphatic heterocycles. The first-order valence-corrected chi connectivity index (χ1v) is 6.29. The van der Waals surface area contributed by atoms with Crippen LogP contribution in [0.1, 0.15) is 31.7 Å². The molecule has 0 radical (unpaired) electrons. The topological polar surface area (TPSA) is 91.3 Å². The van der Waals surface area contributed by atoms with Gasteiger partial charge < -0.3 is 15.7 Å². The first kappa shape index (κ1) is 14.9. The van der Waals surface area contributed by atoms with Crippen molar-refractivity contribution < 1.29 is 14.7 Å². The van der Waals surface area contributed by atoms with Crippen LogP contribution in [0.5, 0.6) is 0 Å². The van der Waals surface area contributed by atoms with Gasteiger partial charge in [-0.1, -0.05) is 25.8 Å². The maximum absolute atomic E-state index is 11.6. The summed E-state index contributed by atoms with van der Waals surface area (Å²) in [6.45, 7) is 2.29. The average Bonchev–Trinajstić information content (AvgIpc) is 2.42. The predicted octanol–water partition coefficient (Wildman–Crippen LogP) is 1.52. The van der Waals surface area contributed by atoms with Gasteiger partial charge in [0.15, 0.2) is 0 Å². The molecule has 1 atom stereocenters. The molecule has 0 unspecified atom stereocenters. The lowest BCUT2D eigenvalue weighted by atomic mass is 10.1. The van der Waals surface area contributed by atoms with E-state index in [1.807, 2.05) is 13.0 Å². The monoisotopic (exact) mass is 265 g/mol. The van der Waals surface area contributed by atoms with Gasteiger partial charge in [-0.05, 0) is 18.1 Å². The molecule has 0 aliphatic carbocycles. The molecule has 0 saturated heterocycles. The van der Waals surface area contributed by atoms with Crippen LogP contribution >= 0.6 is 0 Å². The minimum absolute atomic E-state index is 0.319. The first-order valence-electron chi connectivity index (χ1n) is 6.29. The molecule has 6 nitrogen and oxygen atoms in total. The Labute approximate surface area is 112 Å². The van der Waals surface area contributed by atoms with Gasteiger partial charge in [0.25, 0.3) is 0 Å². The normalized spacial score (nSPS) is 11.6. The zero-order valence-electron chi connectivity index (χ0n) is 10.9. The van der Waals surface area contributed by atoms with Gasteiger partial charge in [-0.15, -0.1) is 0 Å². The van der Waals surface area contributed by atoms with Crippen molar-refractivity contribution in [3.63, 3.8) is 0 Å². The largest absolute Gasteiger partial charge is 0.480 e. The molecule has 1 rings (SSSR count). The average molecular weight is 265 g/mol. The number of hydrogen-bond acceptors (Lipinski definition) is 3. The van der Waals surface area contributed by atoms with Gasteiger partial charge in [-0.2, -0.15) is 0 Å². The second kappa shape index (κ2) is 8.07. The molecule has 6 heteroatoms. The Morgan fingerprint density at radius 3 is 2.84 bits per heavy atom. The molecule has 0 aromatic carbocycles. The Morgan fingerprint density at radius 2 is 2.26 bits per heavy atom. The van der Waals surface area contributed by atoms with E-state index in [4.69, 9.17) is 5.11 Å². The molecule has 0 saturated carbocycles.